The number of nitrogens with zero attached hydrogens (tertiary/aromatic N) is 2. The Morgan fingerprint density at radius 3 is 2.14 bits per heavy atom. The van der Waals surface area contributed by atoms with Crippen LogP contribution in [0.5, 0.6) is 0 Å². The molecule has 2 aliphatic rings. The first kappa shape index (κ1) is 16.3. The van der Waals surface area contributed by atoms with Gasteiger partial charge in [-0.25, -0.2) is 0 Å². The molecule has 2 fully saturated rings. The SMILES string of the molecule is CN1CCN(C(=O)C(C)(C)C(=O)NC2CCCCC2)CC1. The van der Waals surface area contributed by atoms with E-state index in [9.17, 15) is 9.59 Å². The van der Waals surface area contributed by atoms with Crippen LogP contribution in [0.25, 0.3) is 0 Å². The van der Waals surface area contributed by atoms with E-state index in [0.717, 1.165) is 39.0 Å². The molecule has 1 saturated heterocycles. The molecule has 21 heavy (non-hydrogen) atoms. The van der Waals surface area contributed by atoms with E-state index >= 15 is 0 Å². The van der Waals surface area contributed by atoms with Crippen LogP contribution >= 0.6 is 0 Å². The Labute approximate surface area is 128 Å². The van der Waals surface area contributed by atoms with E-state index in [1.807, 2.05) is 4.90 Å². The lowest BCUT2D eigenvalue weighted by Crippen LogP contribution is -2.55. The van der Waals surface area contributed by atoms with Crippen LogP contribution in [0.1, 0.15) is 46.0 Å². The van der Waals surface area contributed by atoms with Crippen LogP contribution in [-0.4, -0.2) is 60.9 Å². The minimum absolute atomic E-state index is 0.0380. The van der Waals surface area contributed by atoms with Gasteiger partial charge in [0.15, 0.2) is 0 Å². The number of carbonyl (C=O) groups is 2. The molecule has 1 aliphatic heterocycles. The number of hydrogen-bond donors (Lipinski definition) is 1. The predicted molar refractivity (Wildman–Crippen MR) is 82.9 cm³/mol. The van der Waals surface area contributed by atoms with Crippen molar-refractivity contribution in [2.45, 2.75) is 52.0 Å². The zero-order chi connectivity index (χ0) is 15.5. The first-order valence-corrected chi connectivity index (χ1v) is 8.20. The molecule has 0 spiro atoms. The summed E-state index contributed by atoms with van der Waals surface area (Å²) in [5, 5.41) is 3.09. The highest BCUT2D eigenvalue weighted by molar-refractivity contribution is 6.04. The molecule has 120 valence electrons. The third-order valence-corrected chi connectivity index (χ3v) is 4.83. The summed E-state index contributed by atoms with van der Waals surface area (Å²) in [6.45, 7) is 6.71. The Bertz CT molecular complexity index is 381. The molecule has 1 N–H and O–H groups in total. The third kappa shape index (κ3) is 3.96. The summed E-state index contributed by atoms with van der Waals surface area (Å²) in [5.74, 6) is -0.151. The molecule has 1 heterocycles. The van der Waals surface area contributed by atoms with E-state index in [4.69, 9.17) is 0 Å². The fourth-order valence-electron chi connectivity index (χ4n) is 3.11. The minimum Gasteiger partial charge on any atom is -0.352 e. The topological polar surface area (TPSA) is 52.7 Å². The van der Waals surface area contributed by atoms with E-state index in [1.54, 1.807) is 13.8 Å². The van der Waals surface area contributed by atoms with Crippen molar-refractivity contribution >= 4 is 11.8 Å². The summed E-state index contributed by atoms with van der Waals surface area (Å²) in [5.41, 5.74) is -0.965. The van der Waals surface area contributed by atoms with Gasteiger partial charge in [-0.1, -0.05) is 19.3 Å². The van der Waals surface area contributed by atoms with Crippen LogP contribution in [0, 0.1) is 5.41 Å². The lowest BCUT2D eigenvalue weighted by molar-refractivity contribution is -0.150. The first-order chi connectivity index (χ1) is 9.91. The molecular weight excluding hydrogens is 266 g/mol. The molecule has 0 unspecified atom stereocenters. The van der Waals surface area contributed by atoms with Crippen LogP contribution in [0.4, 0.5) is 0 Å². The van der Waals surface area contributed by atoms with E-state index in [0.29, 0.717) is 0 Å². The third-order valence-electron chi connectivity index (χ3n) is 4.83. The van der Waals surface area contributed by atoms with Gasteiger partial charge in [-0.15, -0.1) is 0 Å². The van der Waals surface area contributed by atoms with E-state index in [-0.39, 0.29) is 17.9 Å². The van der Waals surface area contributed by atoms with Gasteiger partial charge in [0.25, 0.3) is 0 Å². The largest absolute Gasteiger partial charge is 0.352 e. The van der Waals surface area contributed by atoms with Crippen LogP contribution in [0.15, 0.2) is 0 Å². The number of hydrogen-bond acceptors (Lipinski definition) is 3. The minimum atomic E-state index is -0.965. The molecule has 0 aromatic heterocycles. The monoisotopic (exact) mass is 295 g/mol. The summed E-state index contributed by atoms with van der Waals surface area (Å²) in [7, 11) is 2.06. The lowest BCUT2D eigenvalue weighted by Gasteiger charge is -2.37. The van der Waals surface area contributed by atoms with E-state index < -0.39 is 5.41 Å². The summed E-state index contributed by atoms with van der Waals surface area (Å²) < 4.78 is 0. The smallest absolute Gasteiger partial charge is 0.237 e. The Hall–Kier alpha value is -1.10. The van der Waals surface area contributed by atoms with Gasteiger partial charge < -0.3 is 15.1 Å². The molecule has 0 bridgehead atoms. The molecule has 5 nitrogen and oxygen atoms in total. The van der Waals surface area contributed by atoms with Gasteiger partial charge in [-0.2, -0.15) is 0 Å². The highest BCUT2D eigenvalue weighted by Crippen LogP contribution is 2.23. The summed E-state index contributed by atoms with van der Waals surface area (Å²) in [6, 6.07) is 0.255. The van der Waals surface area contributed by atoms with Crippen molar-refractivity contribution < 1.29 is 9.59 Å². The maximum atomic E-state index is 12.7. The van der Waals surface area contributed by atoms with Gasteiger partial charge >= 0.3 is 0 Å². The molecule has 0 atom stereocenters. The van der Waals surface area contributed by atoms with Crippen molar-refractivity contribution in [3.8, 4) is 0 Å². The summed E-state index contributed by atoms with van der Waals surface area (Å²) >= 11 is 0. The Morgan fingerprint density at radius 2 is 1.57 bits per heavy atom. The highest BCUT2D eigenvalue weighted by atomic mass is 16.2. The van der Waals surface area contributed by atoms with Crippen molar-refractivity contribution in [3.63, 3.8) is 0 Å². The van der Waals surface area contributed by atoms with Crippen molar-refractivity contribution in [1.82, 2.24) is 15.1 Å². The predicted octanol–water partition coefficient (Wildman–Crippen LogP) is 1.24. The summed E-state index contributed by atoms with van der Waals surface area (Å²) in [6.07, 6.45) is 5.71. The average Bonchev–Trinajstić information content (AvgIpc) is 2.48. The molecule has 2 amide bonds. The fourth-order valence-corrected chi connectivity index (χ4v) is 3.11. The summed E-state index contributed by atoms with van der Waals surface area (Å²) in [4.78, 5) is 29.2. The van der Waals surface area contributed by atoms with Crippen molar-refractivity contribution in [2.75, 3.05) is 33.2 Å². The molecule has 0 aromatic rings. The van der Waals surface area contributed by atoms with Crippen LogP contribution in [0.2, 0.25) is 0 Å². The molecule has 1 aliphatic carbocycles. The van der Waals surface area contributed by atoms with Gasteiger partial charge in [0.2, 0.25) is 11.8 Å². The van der Waals surface area contributed by atoms with E-state index in [2.05, 4.69) is 17.3 Å². The Kier molecular flexibility index (Phi) is 5.25. The van der Waals surface area contributed by atoms with Gasteiger partial charge in [0.05, 0.1) is 0 Å². The zero-order valence-electron chi connectivity index (χ0n) is 13.7. The second-order valence-electron chi connectivity index (χ2n) is 7.03. The van der Waals surface area contributed by atoms with Crippen molar-refractivity contribution in [3.05, 3.63) is 0 Å². The maximum Gasteiger partial charge on any atom is 0.237 e. The zero-order valence-corrected chi connectivity index (χ0v) is 13.7. The number of rotatable bonds is 3. The van der Waals surface area contributed by atoms with E-state index in [1.165, 1.54) is 19.3 Å². The van der Waals surface area contributed by atoms with Gasteiger partial charge in [-0.05, 0) is 33.7 Å². The second-order valence-corrected chi connectivity index (χ2v) is 7.03. The number of likely N-dealkylation sites (N-methyl/N-ethyl adjacent to an activating group) is 1. The van der Waals surface area contributed by atoms with Crippen molar-refractivity contribution in [1.29, 1.82) is 0 Å². The molecule has 1 saturated carbocycles. The second kappa shape index (κ2) is 6.77. The highest BCUT2D eigenvalue weighted by Gasteiger charge is 2.40. The van der Waals surface area contributed by atoms with Crippen LogP contribution in [0.3, 0.4) is 0 Å². The van der Waals surface area contributed by atoms with Gasteiger partial charge in [0.1, 0.15) is 5.41 Å². The Morgan fingerprint density at radius 1 is 1.00 bits per heavy atom. The quantitative estimate of drug-likeness (QED) is 0.797. The first-order valence-electron chi connectivity index (χ1n) is 8.20. The molecule has 2 rings (SSSR count). The van der Waals surface area contributed by atoms with Crippen LogP contribution in [-0.2, 0) is 9.59 Å². The standard InChI is InChI=1S/C16H29N3O2/c1-16(2,14(20)17-13-7-5-4-6-8-13)15(21)19-11-9-18(3)10-12-19/h13H,4-12H2,1-3H3,(H,17,20). The number of piperazine rings is 1. The van der Waals surface area contributed by atoms with Crippen LogP contribution < -0.4 is 5.32 Å². The normalized spacial score (nSPS) is 22.1. The lowest BCUT2D eigenvalue weighted by atomic mass is 9.88. The van der Waals surface area contributed by atoms with Gasteiger partial charge in [0, 0.05) is 32.2 Å². The fraction of sp³-hybridized carbons (Fsp3) is 0.875. The molecule has 5 heteroatoms. The maximum absolute atomic E-state index is 12.7. The number of nitrogens with one attached hydrogen (secondary N) is 1. The average molecular weight is 295 g/mol. The molecule has 0 radical (unpaired) electrons. The van der Waals surface area contributed by atoms with Crippen molar-refractivity contribution in [2.24, 2.45) is 5.41 Å². The molecular formula is C16H29N3O2. The Balaban J connectivity index is 1.92. The molecule has 0 aromatic carbocycles. The number of carbonyl (C=O) groups excluding carboxylic acids is 2. The number of amides is 2. The van der Waals surface area contributed by atoms with Gasteiger partial charge in [-0.3, -0.25) is 9.59 Å².